The number of aromatic hydroxyl groups is 1. The van der Waals surface area contributed by atoms with Crippen LogP contribution in [0.15, 0.2) is 23.9 Å². The van der Waals surface area contributed by atoms with Crippen molar-refractivity contribution in [3.63, 3.8) is 0 Å². The maximum absolute atomic E-state index is 12.0. The van der Waals surface area contributed by atoms with Gasteiger partial charge < -0.3 is 24.5 Å². The molecule has 27 heavy (non-hydrogen) atoms. The Kier molecular flexibility index (Phi) is 5.92. The molecule has 0 radical (unpaired) electrons. The van der Waals surface area contributed by atoms with Crippen molar-refractivity contribution in [2.75, 3.05) is 6.54 Å². The molecular formula is C19H29BN2O5. The molecule has 1 fully saturated rings. The average Bonchev–Trinajstić information content (AvgIpc) is 2.70. The number of nitrogens with one attached hydrogen (secondary N) is 1. The van der Waals surface area contributed by atoms with Gasteiger partial charge in [-0.05, 0) is 65.6 Å². The van der Waals surface area contributed by atoms with E-state index in [0.717, 1.165) is 0 Å². The number of carbonyl (C=O) groups excluding carboxylic acids is 1. The highest BCUT2D eigenvalue weighted by molar-refractivity contribution is 6.56. The molecule has 1 amide bonds. The second-order valence-corrected chi connectivity index (χ2v) is 8.64. The van der Waals surface area contributed by atoms with Gasteiger partial charge in [-0.2, -0.15) is 0 Å². The topological polar surface area (TPSA) is 89.9 Å². The molecule has 2 rings (SSSR count). The molecule has 7 nitrogen and oxygen atoms in total. The van der Waals surface area contributed by atoms with E-state index >= 15 is 0 Å². The molecule has 0 spiro atoms. The maximum atomic E-state index is 12.0. The highest BCUT2D eigenvalue weighted by atomic mass is 16.7. The highest BCUT2D eigenvalue weighted by Gasteiger charge is 2.52. The largest absolute Gasteiger partial charge is 0.506 e. The van der Waals surface area contributed by atoms with Gasteiger partial charge in [0.1, 0.15) is 11.4 Å². The molecule has 0 saturated carbocycles. The summed E-state index contributed by atoms with van der Waals surface area (Å²) in [6.45, 7) is 13.4. The number of ether oxygens (including phenoxy) is 1. The number of hydrogen-bond donors (Lipinski definition) is 2. The fraction of sp³-hybridized carbons (Fsp3) is 0.579. The molecule has 148 valence electrons. The van der Waals surface area contributed by atoms with Gasteiger partial charge in [0.2, 0.25) is 0 Å². The average molecular weight is 376 g/mol. The zero-order chi connectivity index (χ0) is 20.5. The number of alkyl carbamates (subject to hydrolysis) is 1. The molecule has 1 aliphatic rings. The Bertz CT molecular complexity index is 709. The van der Waals surface area contributed by atoms with Crippen molar-refractivity contribution in [1.82, 2.24) is 10.3 Å². The standard InChI is InChI=1S/C19H29BN2O5/c1-17(2,3)25-16(24)22-11-14(8-13-9-15(23)12-21-10-13)20-26-18(4,5)19(6,7)27-20/h8-10,12,23H,11H2,1-7H3,(H,22,24). The molecule has 0 aliphatic carbocycles. The number of pyridine rings is 1. The molecule has 0 bridgehead atoms. The van der Waals surface area contributed by atoms with Crippen LogP contribution in [0.2, 0.25) is 0 Å². The lowest BCUT2D eigenvalue weighted by Crippen LogP contribution is -2.41. The highest BCUT2D eigenvalue weighted by Crippen LogP contribution is 2.38. The van der Waals surface area contributed by atoms with Crippen molar-refractivity contribution in [3.8, 4) is 5.75 Å². The number of nitrogens with zero attached hydrogens (tertiary/aromatic N) is 1. The second-order valence-electron chi connectivity index (χ2n) is 8.64. The van der Waals surface area contributed by atoms with Gasteiger partial charge in [0, 0.05) is 12.7 Å². The smallest absolute Gasteiger partial charge is 0.492 e. The Hall–Kier alpha value is -2.06. The van der Waals surface area contributed by atoms with Gasteiger partial charge in [-0.3, -0.25) is 4.98 Å². The van der Waals surface area contributed by atoms with E-state index in [0.29, 0.717) is 11.0 Å². The summed E-state index contributed by atoms with van der Waals surface area (Å²) in [5.41, 5.74) is -0.259. The van der Waals surface area contributed by atoms with Gasteiger partial charge in [-0.1, -0.05) is 6.08 Å². The van der Waals surface area contributed by atoms with E-state index in [9.17, 15) is 9.90 Å². The van der Waals surface area contributed by atoms with Crippen LogP contribution in [-0.4, -0.2) is 46.7 Å². The fourth-order valence-electron chi connectivity index (χ4n) is 2.42. The molecule has 1 saturated heterocycles. The van der Waals surface area contributed by atoms with E-state index in [1.807, 2.05) is 27.7 Å². The van der Waals surface area contributed by atoms with Gasteiger partial charge in [-0.15, -0.1) is 0 Å². The maximum Gasteiger partial charge on any atom is 0.492 e. The molecule has 1 aliphatic heterocycles. The Morgan fingerprint density at radius 1 is 1.26 bits per heavy atom. The van der Waals surface area contributed by atoms with Crippen molar-refractivity contribution >= 4 is 19.3 Å². The van der Waals surface area contributed by atoms with Crippen molar-refractivity contribution < 1.29 is 23.9 Å². The zero-order valence-electron chi connectivity index (χ0n) is 17.1. The number of aromatic nitrogens is 1. The van der Waals surface area contributed by atoms with Crippen LogP contribution < -0.4 is 5.32 Å². The molecule has 1 aromatic heterocycles. The second kappa shape index (κ2) is 7.52. The van der Waals surface area contributed by atoms with Gasteiger partial charge in [0.25, 0.3) is 0 Å². The van der Waals surface area contributed by atoms with Gasteiger partial charge in [-0.25, -0.2) is 4.79 Å². The quantitative estimate of drug-likeness (QED) is 0.784. The summed E-state index contributed by atoms with van der Waals surface area (Å²) in [6.07, 6.45) is 4.22. The summed E-state index contributed by atoms with van der Waals surface area (Å²) < 4.78 is 17.5. The third-order valence-electron chi connectivity index (χ3n) is 4.49. The first-order valence-electron chi connectivity index (χ1n) is 8.96. The molecule has 0 unspecified atom stereocenters. The molecule has 2 N–H and O–H groups in total. The number of hydrogen-bond acceptors (Lipinski definition) is 6. The number of amides is 1. The first-order valence-corrected chi connectivity index (χ1v) is 8.96. The molecule has 2 heterocycles. The third kappa shape index (κ3) is 5.71. The molecule has 0 aromatic carbocycles. The van der Waals surface area contributed by atoms with Crippen LogP contribution in [0.5, 0.6) is 5.75 Å². The van der Waals surface area contributed by atoms with Crippen LogP contribution >= 0.6 is 0 Å². The first-order chi connectivity index (χ1) is 12.3. The third-order valence-corrected chi connectivity index (χ3v) is 4.49. The van der Waals surface area contributed by atoms with Crippen molar-refractivity contribution in [1.29, 1.82) is 0 Å². The van der Waals surface area contributed by atoms with E-state index < -0.39 is 30.0 Å². The Morgan fingerprint density at radius 2 is 1.85 bits per heavy atom. The lowest BCUT2D eigenvalue weighted by atomic mass is 9.77. The van der Waals surface area contributed by atoms with Gasteiger partial charge >= 0.3 is 13.2 Å². The van der Waals surface area contributed by atoms with E-state index in [2.05, 4.69) is 10.3 Å². The molecule has 1 aromatic rings. The Balaban J connectivity index is 2.23. The first kappa shape index (κ1) is 21.2. The monoisotopic (exact) mass is 376 g/mol. The molecular weight excluding hydrogens is 347 g/mol. The fourth-order valence-corrected chi connectivity index (χ4v) is 2.42. The van der Waals surface area contributed by atoms with Crippen molar-refractivity contribution in [2.24, 2.45) is 0 Å². The van der Waals surface area contributed by atoms with Crippen LogP contribution in [0.4, 0.5) is 4.79 Å². The van der Waals surface area contributed by atoms with Gasteiger partial charge in [0.05, 0.1) is 17.4 Å². The number of rotatable bonds is 4. The number of carbonyl (C=O) groups is 1. The minimum Gasteiger partial charge on any atom is -0.506 e. The van der Waals surface area contributed by atoms with E-state index in [4.69, 9.17) is 14.0 Å². The lowest BCUT2D eigenvalue weighted by molar-refractivity contribution is 0.00578. The van der Waals surface area contributed by atoms with E-state index in [1.165, 1.54) is 6.20 Å². The van der Waals surface area contributed by atoms with Crippen LogP contribution in [0, 0.1) is 0 Å². The summed E-state index contributed by atoms with van der Waals surface area (Å²) in [7, 11) is -0.646. The normalized spacial score (nSPS) is 19.1. The van der Waals surface area contributed by atoms with Gasteiger partial charge in [0.15, 0.2) is 0 Å². The minimum atomic E-state index is -0.646. The SMILES string of the molecule is CC(C)(C)OC(=O)NCC(=Cc1cncc(O)c1)B1OC(C)(C)C(C)(C)O1. The van der Waals surface area contributed by atoms with Crippen LogP contribution in [0.1, 0.15) is 54.0 Å². The minimum absolute atomic E-state index is 0.0529. The predicted octanol–water partition coefficient (Wildman–Crippen LogP) is 3.33. The summed E-state index contributed by atoms with van der Waals surface area (Å²) in [6, 6.07) is 1.58. The lowest BCUT2D eigenvalue weighted by Gasteiger charge is -2.32. The van der Waals surface area contributed by atoms with E-state index in [-0.39, 0.29) is 12.3 Å². The molecule has 0 atom stereocenters. The van der Waals surface area contributed by atoms with Crippen molar-refractivity contribution in [2.45, 2.75) is 65.3 Å². The van der Waals surface area contributed by atoms with Crippen LogP contribution in [0.25, 0.3) is 6.08 Å². The zero-order valence-corrected chi connectivity index (χ0v) is 17.1. The predicted molar refractivity (Wildman–Crippen MR) is 104 cm³/mol. The van der Waals surface area contributed by atoms with E-state index in [1.54, 1.807) is 39.1 Å². The molecule has 8 heteroatoms. The Morgan fingerprint density at radius 3 is 2.37 bits per heavy atom. The summed E-state index contributed by atoms with van der Waals surface area (Å²) in [5, 5.41) is 12.4. The summed E-state index contributed by atoms with van der Waals surface area (Å²) in [5.74, 6) is 0.0529. The summed E-state index contributed by atoms with van der Waals surface area (Å²) >= 11 is 0. The Labute approximate surface area is 161 Å². The van der Waals surface area contributed by atoms with Crippen LogP contribution in [0.3, 0.4) is 0 Å². The summed E-state index contributed by atoms with van der Waals surface area (Å²) in [4.78, 5) is 16.0. The van der Waals surface area contributed by atoms with Crippen LogP contribution in [-0.2, 0) is 14.0 Å². The van der Waals surface area contributed by atoms with Crippen molar-refractivity contribution in [3.05, 3.63) is 29.5 Å².